The number of H-pyrrole nitrogens is 1. The molecule has 1 unspecified atom stereocenters. The number of aromatic nitrogens is 4. The molecule has 4 rings (SSSR count). The van der Waals surface area contributed by atoms with Gasteiger partial charge in [-0.25, -0.2) is 14.4 Å². The standard InChI is InChI=1S/C22H16F4N6O2/c1-3-32-16-10-12(19(33)31-18-17(27-2)28-11-29-18)4-9-15(16)30-20(32)21(34,22(24,25)26)13-5-7-14(23)8-6-13/h4-11,34H,3H2,1H3,(H,28,29)(H,31,33). The van der Waals surface area contributed by atoms with Crippen molar-refractivity contribution in [1.29, 1.82) is 0 Å². The van der Waals surface area contributed by atoms with Crippen molar-refractivity contribution in [1.82, 2.24) is 19.5 Å². The van der Waals surface area contributed by atoms with Gasteiger partial charge >= 0.3 is 6.18 Å². The van der Waals surface area contributed by atoms with E-state index in [-0.39, 0.29) is 34.8 Å². The second-order valence-corrected chi connectivity index (χ2v) is 7.26. The lowest BCUT2D eigenvalue weighted by molar-refractivity contribution is -0.252. The maximum atomic E-state index is 14.2. The normalized spacial score (nSPS) is 13.4. The number of halogens is 4. The van der Waals surface area contributed by atoms with Gasteiger partial charge < -0.3 is 19.8 Å². The summed E-state index contributed by atoms with van der Waals surface area (Å²) in [4.78, 5) is 26.3. The number of anilines is 1. The summed E-state index contributed by atoms with van der Waals surface area (Å²) in [6.45, 7) is 8.60. The van der Waals surface area contributed by atoms with E-state index in [2.05, 4.69) is 25.1 Å². The first-order valence-corrected chi connectivity index (χ1v) is 9.88. The molecular formula is C22H16F4N6O2. The van der Waals surface area contributed by atoms with Crippen LogP contribution in [0.5, 0.6) is 0 Å². The van der Waals surface area contributed by atoms with Crippen molar-refractivity contribution in [2.24, 2.45) is 0 Å². The molecular weight excluding hydrogens is 456 g/mol. The van der Waals surface area contributed by atoms with Gasteiger partial charge in [0.05, 0.1) is 11.0 Å². The van der Waals surface area contributed by atoms with Crippen molar-refractivity contribution in [3.63, 3.8) is 0 Å². The lowest BCUT2D eigenvalue weighted by atomic mass is 9.92. The van der Waals surface area contributed by atoms with Gasteiger partial charge in [-0.3, -0.25) is 9.78 Å². The topological polar surface area (TPSA) is 100 Å². The first-order chi connectivity index (χ1) is 16.1. The smallest absolute Gasteiger partial charge is 0.370 e. The van der Waals surface area contributed by atoms with Gasteiger partial charge in [0.1, 0.15) is 5.82 Å². The number of carbonyl (C=O) groups excluding carboxylic acids is 1. The maximum Gasteiger partial charge on any atom is 0.428 e. The first-order valence-electron chi connectivity index (χ1n) is 9.88. The zero-order valence-corrected chi connectivity index (χ0v) is 17.5. The molecule has 0 radical (unpaired) electrons. The summed E-state index contributed by atoms with van der Waals surface area (Å²) >= 11 is 0. The Balaban J connectivity index is 1.83. The minimum absolute atomic E-state index is 0.00698. The van der Waals surface area contributed by atoms with Crippen LogP contribution in [0.25, 0.3) is 15.9 Å². The Bertz CT molecular complexity index is 1420. The number of fused-ring (bicyclic) bond motifs is 1. The highest BCUT2D eigenvalue weighted by atomic mass is 19.4. The van der Waals surface area contributed by atoms with Crippen LogP contribution in [0.2, 0.25) is 0 Å². The number of rotatable bonds is 5. The van der Waals surface area contributed by atoms with E-state index in [0.717, 1.165) is 28.8 Å². The van der Waals surface area contributed by atoms with Crippen molar-refractivity contribution >= 4 is 28.6 Å². The van der Waals surface area contributed by atoms with Crippen molar-refractivity contribution < 1.29 is 27.5 Å². The second-order valence-electron chi connectivity index (χ2n) is 7.26. The fourth-order valence-corrected chi connectivity index (χ4v) is 3.61. The molecule has 4 aromatic rings. The number of carbonyl (C=O) groups is 1. The molecule has 2 aromatic carbocycles. The van der Waals surface area contributed by atoms with Gasteiger partial charge in [0.15, 0.2) is 18.0 Å². The average molecular weight is 472 g/mol. The molecule has 1 amide bonds. The number of alkyl halides is 3. The molecule has 0 fully saturated rings. The van der Waals surface area contributed by atoms with E-state index in [1.165, 1.54) is 24.5 Å². The fourth-order valence-electron chi connectivity index (χ4n) is 3.61. The van der Waals surface area contributed by atoms with E-state index in [1.807, 2.05) is 0 Å². The Hall–Kier alpha value is -4.24. The number of aliphatic hydroxyl groups is 1. The van der Waals surface area contributed by atoms with Crippen LogP contribution in [-0.2, 0) is 12.1 Å². The van der Waals surface area contributed by atoms with Crippen LogP contribution in [0.3, 0.4) is 0 Å². The third-order valence-electron chi connectivity index (χ3n) is 5.29. The maximum absolute atomic E-state index is 14.2. The highest BCUT2D eigenvalue weighted by Crippen LogP contribution is 2.44. The Kier molecular flexibility index (Phi) is 5.58. The predicted octanol–water partition coefficient (Wildman–Crippen LogP) is 4.52. The zero-order valence-electron chi connectivity index (χ0n) is 17.5. The van der Waals surface area contributed by atoms with Crippen molar-refractivity contribution in [3.8, 4) is 0 Å². The van der Waals surface area contributed by atoms with Crippen LogP contribution in [0, 0.1) is 12.4 Å². The molecule has 0 saturated heterocycles. The summed E-state index contributed by atoms with van der Waals surface area (Å²) < 4.78 is 57.1. The molecule has 0 saturated carbocycles. The molecule has 0 bridgehead atoms. The van der Waals surface area contributed by atoms with Crippen LogP contribution in [0.1, 0.15) is 28.7 Å². The van der Waals surface area contributed by atoms with Crippen LogP contribution in [0.4, 0.5) is 29.2 Å². The lowest BCUT2D eigenvalue weighted by Gasteiger charge is -2.30. The predicted molar refractivity (Wildman–Crippen MR) is 114 cm³/mol. The number of hydrogen-bond acceptors (Lipinski definition) is 4. The quantitative estimate of drug-likeness (QED) is 0.294. The van der Waals surface area contributed by atoms with E-state index in [0.29, 0.717) is 0 Å². The third kappa shape index (κ3) is 3.65. The minimum Gasteiger partial charge on any atom is -0.370 e. The third-order valence-corrected chi connectivity index (χ3v) is 5.29. The summed E-state index contributed by atoms with van der Waals surface area (Å²) in [6, 6.07) is 7.36. The van der Waals surface area contributed by atoms with Crippen LogP contribution in [-0.4, -0.2) is 36.7 Å². The highest BCUT2D eigenvalue weighted by Gasteiger charge is 2.59. The summed E-state index contributed by atoms with van der Waals surface area (Å²) in [5.41, 5.74) is -3.78. The van der Waals surface area contributed by atoms with Gasteiger partial charge in [-0.1, -0.05) is 18.7 Å². The summed E-state index contributed by atoms with van der Waals surface area (Å²) in [5.74, 6) is -2.10. The largest absolute Gasteiger partial charge is 0.428 e. The molecule has 0 aliphatic carbocycles. The lowest BCUT2D eigenvalue weighted by Crippen LogP contribution is -2.45. The van der Waals surface area contributed by atoms with Crippen molar-refractivity contribution in [2.45, 2.75) is 25.2 Å². The molecule has 8 nitrogen and oxygen atoms in total. The van der Waals surface area contributed by atoms with E-state index >= 15 is 0 Å². The molecule has 12 heteroatoms. The van der Waals surface area contributed by atoms with Gasteiger partial charge in [-0.05, 0) is 37.3 Å². The molecule has 3 N–H and O–H groups in total. The first kappa shape index (κ1) is 22.9. The van der Waals surface area contributed by atoms with Crippen molar-refractivity contribution in [3.05, 3.63) is 83.0 Å². The number of benzene rings is 2. The molecule has 2 heterocycles. The number of nitrogens with zero attached hydrogens (tertiary/aromatic N) is 4. The van der Waals surface area contributed by atoms with Crippen LogP contribution < -0.4 is 5.32 Å². The molecule has 0 aliphatic heterocycles. The monoisotopic (exact) mass is 472 g/mol. The number of imidazole rings is 2. The number of amides is 1. The van der Waals surface area contributed by atoms with E-state index in [9.17, 15) is 27.5 Å². The summed E-state index contributed by atoms with van der Waals surface area (Å²) in [6.07, 6.45) is -3.95. The number of aromatic amines is 1. The summed E-state index contributed by atoms with van der Waals surface area (Å²) in [5, 5.41) is 13.4. The Morgan fingerprint density at radius 3 is 2.56 bits per heavy atom. The zero-order chi connectivity index (χ0) is 24.7. The van der Waals surface area contributed by atoms with Crippen LogP contribution in [0.15, 0.2) is 48.8 Å². The minimum atomic E-state index is -5.19. The highest BCUT2D eigenvalue weighted by molar-refractivity contribution is 6.06. The molecule has 34 heavy (non-hydrogen) atoms. The van der Waals surface area contributed by atoms with E-state index in [1.54, 1.807) is 6.92 Å². The Morgan fingerprint density at radius 1 is 1.24 bits per heavy atom. The Labute approximate surface area is 189 Å². The van der Waals surface area contributed by atoms with Gasteiger partial charge in [0, 0.05) is 17.7 Å². The molecule has 174 valence electrons. The average Bonchev–Trinajstić information content (AvgIpc) is 3.41. The number of aryl methyl sites for hydroxylation is 1. The molecule has 1 atom stereocenters. The van der Waals surface area contributed by atoms with Gasteiger partial charge in [0.25, 0.3) is 11.7 Å². The van der Waals surface area contributed by atoms with E-state index in [4.69, 9.17) is 6.57 Å². The fraction of sp³-hybridized carbons (Fsp3) is 0.182. The van der Waals surface area contributed by atoms with Crippen molar-refractivity contribution in [2.75, 3.05) is 5.32 Å². The summed E-state index contributed by atoms with van der Waals surface area (Å²) in [7, 11) is 0. The van der Waals surface area contributed by atoms with Gasteiger partial charge in [-0.15, -0.1) is 0 Å². The molecule has 2 aromatic heterocycles. The molecule has 0 aliphatic rings. The van der Waals surface area contributed by atoms with Crippen LogP contribution >= 0.6 is 0 Å². The second kappa shape index (κ2) is 8.27. The van der Waals surface area contributed by atoms with E-state index < -0.39 is 34.9 Å². The van der Waals surface area contributed by atoms with Gasteiger partial charge in [-0.2, -0.15) is 13.2 Å². The Morgan fingerprint density at radius 2 is 1.94 bits per heavy atom. The number of hydrogen-bond donors (Lipinski definition) is 3. The van der Waals surface area contributed by atoms with Gasteiger partial charge in [0.2, 0.25) is 5.60 Å². The SMILES string of the molecule is [C-]#[N+]c1[nH]cnc1NC(=O)c1ccc2nc(C(O)(c3ccc(F)cc3)C(F)(F)F)n(CC)c2c1. The molecule has 0 spiro atoms. The number of nitrogens with one attached hydrogen (secondary N) is 2.